The molecule has 0 aromatic heterocycles. The van der Waals surface area contributed by atoms with E-state index in [1.54, 1.807) is 0 Å². The average molecular weight is 264 g/mol. The molecule has 0 heterocycles. The Morgan fingerprint density at radius 1 is 1.00 bits per heavy atom. The van der Waals surface area contributed by atoms with E-state index in [9.17, 15) is 0 Å². The van der Waals surface area contributed by atoms with Crippen molar-refractivity contribution in [2.75, 3.05) is 0 Å². The Balaban J connectivity index is -0.0000000911. The number of benzene rings is 1. The van der Waals surface area contributed by atoms with E-state index < -0.39 is 0 Å². The van der Waals surface area contributed by atoms with Crippen molar-refractivity contribution in [2.24, 2.45) is 0 Å². The van der Waals surface area contributed by atoms with Crippen molar-refractivity contribution in [2.45, 2.75) is 19.8 Å². The SMILES string of the molecule is CC(C)c1ccccc1.N#N.O=C=O.O=O.[Ar]. The van der Waals surface area contributed by atoms with Gasteiger partial charge in [-0.2, -0.15) is 9.59 Å². The first-order chi connectivity index (χ1) is 7.72. The molecule has 0 atom stereocenters. The van der Waals surface area contributed by atoms with Crippen molar-refractivity contribution in [3.05, 3.63) is 45.8 Å². The van der Waals surface area contributed by atoms with Gasteiger partial charge in [0.2, 0.25) is 0 Å². The molecule has 0 fully saturated rings. The molecule has 1 aromatic carbocycles. The van der Waals surface area contributed by atoms with Gasteiger partial charge in [-0.15, -0.1) is 0 Å². The van der Waals surface area contributed by atoms with E-state index in [4.69, 9.17) is 30.3 Å². The second kappa shape index (κ2) is 24.2. The molecule has 0 unspecified atom stereocenters. The summed E-state index contributed by atoms with van der Waals surface area (Å²) >= 11 is 0. The van der Waals surface area contributed by atoms with Crippen LogP contribution in [0.1, 0.15) is 25.3 Å². The van der Waals surface area contributed by atoms with Gasteiger partial charge in [-0.25, -0.2) is 0 Å². The van der Waals surface area contributed by atoms with E-state index in [0.717, 1.165) is 0 Å². The van der Waals surface area contributed by atoms with E-state index in [1.807, 2.05) is 6.07 Å². The maximum Gasteiger partial charge on any atom is 0.373 e. The summed E-state index contributed by atoms with van der Waals surface area (Å²) in [5, 5.41) is 12.0. The minimum Gasteiger partial charge on any atom is -0.186 e. The van der Waals surface area contributed by atoms with Gasteiger partial charge in [0.15, 0.2) is 0 Å². The Kier molecular flexibility index (Phi) is 35.5. The number of hydrogen-bond donors (Lipinski definition) is 0. The molecule has 0 N–H and O–H groups in total. The Morgan fingerprint density at radius 3 is 1.47 bits per heavy atom. The second-order valence-electron chi connectivity index (χ2n) is 2.65. The first-order valence-corrected chi connectivity index (χ1v) is 4.13. The van der Waals surface area contributed by atoms with Gasteiger partial charge in [-0.3, -0.25) is 0 Å². The summed E-state index contributed by atoms with van der Waals surface area (Å²) in [7, 11) is 0. The molecule has 1 rings (SSSR count). The van der Waals surface area contributed by atoms with Crippen LogP contribution in [0.4, 0.5) is 0 Å². The molecule has 94 valence electrons. The first-order valence-electron chi connectivity index (χ1n) is 4.13. The zero-order valence-electron chi connectivity index (χ0n) is 9.35. The van der Waals surface area contributed by atoms with Crippen molar-refractivity contribution >= 4 is 6.15 Å². The van der Waals surface area contributed by atoms with Gasteiger partial charge in [0.25, 0.3) is 0 Å². The van der Waals surface area contributed by atoms with Gasteiger partial charge in [0, 0.05) is 58.5 Å². The summed E-state index contributed by atoms with van der Waals surface area (Å²) in [6, 6.07) is 10.5. The van der Waals surface area contributed by atoms with E-state index in [2.05, 4.69) is 38.1 Å². The predicted molar refractivity (Wildman–Crippen MR) is 55.7 cm³/mol. The molecule has 7 heteroatoms. The van der Waals surface area contributed by atoms with Crippen LogP contribution in [0.5, 0.6) is 0 Å². The van der Waals surface area contributed by atoms with Crippen LogP contribution in [-0.2, 0) is 9.59 Å². The zero-order chi connectivity index (χ0) is 13.4. The fourth-order valence-electron chi connectivity index (χ4n) is 0.838. The van der Waals surface area contributed by atoms with Crippen LogP contribution < -0.4 is 0 Å². The summed E-state index contributed by atoms with van der Waals surface area (Å²) in [5.41, 5.74) is 1.41. The van der Waals surface area contributed by atoms with E-state index >= 15 is 0 Å². The van der Waals surface area contributed by atoms with Crippen LogP contribution in [0.2, 0.25) is 0 Å². The molecule has 0 aliphatic heterocycles. The molecule has 0 bridgehead atoms. The maximum atomic E-state index is 8.12. The van der Waals surface area contributed by atoms with Crippen molar-refractivity contribution in [3.8, 4) is 0 Å². The van der Waals surface area contributed by atoms with Crippen molar-refractivity contribution in [3.63, 3.8) is 0 Å². The largest absolute Gasteiger partial charge is 0.373 e. The summed E-state index contributed by atoms with van der Waals surface area (Å²) in [6.07, 6.45) is 0.250. The van der Waals surface area contributed by atoms with Gasteiger partial charge in [0.1, 0.15) is 0 Å². The second-order valence-corrected chi connectivity index (χ2v) is 2.65. The molecule has 0 spiro atoms. The third-order valence-electron chi connectivity index (χ3n) is 1.47. The Bertz CT molecular complexity index is 298. The molecule has 0 aliphatic carbocycles. The van der Waals surface area contributed by atoms with Gasteiger partial charge in [0.05, 0.1) is 0 Å². The zero-order valence-corrected chi connectivity index (χ0v) is 10.1. The van der Waals surface area contributed by atoms with Gasteiger partial charge in [-0.1, -0.05) is 44.2 Å². The topological polar surface area (TPSA) is 116 Å². The number of hydrogen-bond acceptors (Lipinski definition) is 6. The van der Waals surface area contributed by atoms with Crippen LogP contribution >= 0.6 is 0 Å². The van der Waals surface area contributed by atoms with Crippen molar-refractivity contribution in [1.29, 1.82) is 10.8 Å². The van der Waals surface area contributed by atoms with E-state index in [0.29, 0.717) is 5.92 Å². The standard InChI is InChI=1S/C9H12.CO2.Ar.N2.O2/c1-8(2)9-6-4-3-5-7-9;2-1-3;;2*1-2/h3-8H,1-2H3;;;;. The van der Waals surface area contributed by atoms with Gasteiger partial charge >= 0.3 is 6.15 Å². The molecule has 17 heavy (non-hydrogen) atoms. The molecular formula is C10H12ArN2O4. The Labute approximate surface area is 129 Å². The fourth-order valence-corrected chi connectivity index (χ4v) is 0.838. The normalized spacial score (nSPS) is 6.18. The summed E-state index contributed by atoms with van der Waals surface area (Å²) < 4.78 is 0. The minimum atomic E-state index is 0. The Hall–Kier alpha value is -1.12. The van der Waals surface area contributed by atoms with Crippen LogP contribution in [0.25, 0.3) is 0 Å². The number of carbonyl (C=O) groups excluding carboxylic acids is 2. The third-order valence-corrected chi connectivity index (χ3v) is 1.47. The average Bonchev–Trinajstić information content (AvgIpc) is 2.36. The molecule has 0 amide bonds. The van der Waals surface area contributed by atoms with E-state index in [1.165, 1.54) is 5.56 Å². The molecular weight excluding hydrogens is 252 g/mol. The van der Waals surface area contributed by atoms with Crippen LogP contribution in [0.3, 0.4) is 0 Å². The molecule has 0 aliphatic rings. The van der Waals surface area contributed by atoms with Crippen LogP contribution in [0.15, 0.2) is 30.3 Å². The van der Waals surface area contributed by atoms with Gasteiger partial charge in [-0.05, 0) is 11.5 Å². The maximum absolute atomic E-state index is 8.12. The molecule has 0 saturated heterocycles. The monoisotopic (exact) mass is 264 g/mol. The van der Waals surface area contributed by atoms with Gasteiger partial charge < -0.3 is 0 Å². The van der Waals surface area contributed by atoms with Crippen molar-refractivity contribution < 1.29 is 47.3 Å². The molecule has 6 nitrogen and oxygen atoms in total. The summed E-state index contributed by atoms with van der Waals surface area (Å²) in [4.78, 5) is 30.2. The minimum absolute atomic E-state index is 0. The number of nitrogens with zero attached hydrogens (tertiary/aromatic N) is 2. The van der Waals surface area contributed by atoms with E-state index in [-0.39, 0.29) is 43.9 Å². The number of rotatable bonds is 1. The predicted octanol–water partition coefficient (Wildman–Crippen LogP) is 2.32. The fraction of sp³-hybridized carbons (Fsp3) is 0.300. The van der Waals surface area contributed by atoms with Crippen molar-refractivity contribution in [1.82, 2.24) is 0 Å². The third kappa shape index (κ3) is 20.9. The molecule has 1 aromatic rings. The summed E-state index contributed by atoms with van der Waals surface area (Å²) in [6.45, 7) is 4.41. The quantitative estimate of drug-likeness (QED) is 0.718. The van der Waals surface area contributed by atoms with Crippen LogP contribution in [0, 0.1) is 58.5 Å². The molecule has 0 saturated carbocycles. The Morgan fingerprint density at radius 2 is 1.29 bits per heavy atom. The molecule has 0 radical (unpaired) electrons. The smallest absolute Gasteiger partial charge is 0.186 e. The first kappa shape index (κ1) is 24.9. The summed E-state index contributed by atoms with van der Waals surface area (Å²) in [5.74, 6) is 0.659. The van der Waals surface area contributed by atoms with Crippen LogP contribution in [-0.4, -0.2) is 6.15 Å².